The van der Waals surface area contributed by atoms with Gasteiger partial charge in [-0.1, -0.05) is 67.5 Å². The Labute approximate surface area is 220 Å². The molecular formula is C26H22F3N3O3S2. The van der Waals surface area contributed by atoms with Crippen molar-refractivity contribution in [2.75, 3.05) is 16.8 Å². The van der Waals surface area contributed by atoms with Crippen molar-refractivity contribution in [2.24, 2.45) is 0 Å². The first kappa shape index (κ1) is 25.5. The lowest BCUT2D eigenvalue weighted by atomic mass is 9.94. The molecule has 1 N–H and O–H groups in total. The summed E-state index contributed by atoms with van der Waals surface area (Å²) in [4.78, 5) is 42.9. The molecule has 11 heteroatoms. The van der Waals surface area contributed by atoms with E-state index in [0.29, 0.717) is 15.6 Å². The molecule has 0 atom stereocenters. The van der Waals surface area contributed by atoms with Crippen LogP contribution < -0.4 is 10.2 Å². The largest absolute Gasteiger partial charge is 0.416 e. The monoisotopic (exact) mass is 545 g/mol. The smallest absolute Gasteiger partial charge is 0.325 e. The maximum absolute atomic E-state index is 13.6. The van der Waals surface area contributed by atoms with E-state index in [-0.39, 0.29) is 28.1 Å². The lowest BCUT2D eigenvalue weighted by Gasteiger charge is -2.29. The summed E-state index contributed by atoms with van der Waals surface area (Å²) in [5, 5.41) is 2.43. The molecule has 0 aromatic heterocycles. The normalized spacial score (nSPS) is 20.6. The van der Waals surface area contributed by atoms with Crippen LogP contribution >= 0.6 is 24.0 Å². The molecule has 0 radical (unpaired) electrons. The second-order valence-electron chi connectivity index (χ2n) is 9.07. The van der Waals surface area contributed by atoms with Crippen LogP contribution in [0.3, 0.4) is 0 Å². The van der Waals surface area contributed by atoms with Gasteiger partial charge in [-0.05, 0) is 37.1 Å². The lowest BCUT2D eigenvalue weighted by Crippen LogP contribution is -2.40. The molecule has 2 heterocycles. The zero-order chi connectivity index (χ0) is 26.3. The van der Waals surface area contributed by atoms with Gasteiger partial charge in [-0.2, -0.15) is 13.2 Å². The van der Waals surface area contributed by atoms with Crippen LogP contribution in [0.4, 0.5) is 24.5 Å². The Hall–Kier alpha value is -3.18. The summed E-state index contributed by atoms with van der Waals surface area (Å²) in [6.45, 7) is -0.432. The second-order valence-corrected chi connectivity index (χ2v) is 10.7. The summed E-state index contributed by atoms with van der Waals surface area (Å²) >= 11 is 6.62. The highest BCUT2D eigenvalue weighted by Gasteiger charge is 2.44. The van der Waals surface area contributed by atoms with Crippen LogP contribution in [0.15, 0.2) is 53.4 Å². The van der Waals surface area contributed by atoms with Crippen molar-refractivity contribution in [1.82, 2.24) is 4.90 Å². The van der Waals surface area contributed by atoms with Crippen molar-refractivity contribution in [3.8, 4) is 0 Å². The molecule has 0 unspecified atom stereocenters. The Balaban J connectivity index is 1.41. The van der Waals surface area contributed by atoms with Crippen LogP contribution in [0.5, 0.6) is 0 Å². The van der Waals surface area contributed by atoms with Crippen LogP contribution in [0, 0.1) is 0 Å². The zero-order valence-electron chi connectivity index (χ0n) is 19.5. The highest BCUT2D eigenvalue weighted by atomic mass is 32.2. The van der Waals surface area contributed by atoms with Crippen LogP contribution in [0.2, 0.25) is 0 Å². The minimum Gasteiger partial charge on any atom is -0.325 e. The first-order valence-electron chi connectivity index (χ1n) is 11.8. The molecule has 3 aliphatic rings. The number of alkyl halides is 3. The average Bonchev–Trinajstić information content (AvgIpc) is 3.31. The van der Waals surface area contributed by atoms with Gasteiger partial charge in [-0.15, -0.1) is 0 Å². The van der Waals surface area contributed by atoms with Gasteiger partial charge in [0.1, 0.15) is 10.9 Å². The Bertz CT molecular complexity index is 1340. The van der Waals surface area contributed by atoms with Gasteiger partial charge in [0, 0.05) is 17.3 Å². The van der Waals surface area contributed by atoms with Gasteiger partial charge in [0.25, 0.3) is 11.8 Å². The summed E-state index contributed by atoms with van der Waals surface area (Å²) in [6, 6.07) is 11.1. The van der Waals surface area contributed by atoms with Gasteiger partial charge in [0.15, 0.2) is 0 Å². The summed E-state index contributed by atoms with van der Waals surface area (Å²) in [5.41, 5.74) is 0.231. The summed E-state index contributed by atoms with van der Waals surface area (Å²) in [5.74, 6) is -1.49. The van der Waals surface area contributed by atoms with Gasteiger partial charge in [0.05, 0.1) is 21.7 Å². The van der Waals surface area contributed by atoms with Crippen LogP contribution in [-0.4, -0.2) is 39.5 Å². The molecule has 1 saturated carbocycles. The number of nitrogens with zero attached hydrogens (tertiary/aromatic N) is 2. The first-order valence-corrected chi connectivity index (χ1v) is 13.1. The number of benzene rings is 2. The van der Waals surface area contributed by atoms with Crippen molar-refractivity contribution in [1.29, 1.82) is 0 Å². The Morgan fingerprint density at radius 1 is 1.03 bits per heavy atom. The second kappa shape index (κ2) is 9.94. The van der Waals surface area contributed by atoms with E-state index >= 15 is 0 Å². The summed E-state index contributed by atoms with van der Waals surface area (Å²) in [7, 11) is 0. The number of fused-ring (bicyclic) bond motifs is 1. The van der Waals surface area contributed by atoms with E-state index in [4.69, 9.17) is 12.2 Å². The van der Waals surface area contributed by atoms with Gasteiger partial charge >= 0.3 is 6.18 Å². The molecule has 0 bridgehead atoms. The third-order valence-electron chi connectivity index (χ3n) is 6.66. The van der Waals surface area contributed by atoms with E-state index in [1.54, 1.807) is 29.2 Å². The number of rotatable bonds is 4. The number of thioether (sulfide) groups is 1. The van der Waals surface area contributed by atoms with Crippen molar-refractivity contribution in [3.05, 3.63) is 64.6 Å². The Kier molecular flexibility index (Phi) is 6.84. The van der Waals surface area contributed by atoms with Crippen LogP contribution in [0.25, 0.3) is 5.57 Å². The quantitative estimate of drug-likeness (QED) is 0.401. The number of nitrogens with one attached hydrogen (secondary N) is 1. The minimum atomic E-state index is -4.55. The first-order chi connectivity index (χ1) is 17.6. The predicted molar refractivity (Wildman–Crippen MR) is 140 cm³/mol. The van der Waals surface area contributed by atoms with E-state index in [1.165, 1.54) is 17.0 Å². The molecular weight excluding hydrogens is 523 g/mol. The highest BCUT2D eigenvalue weighted by molar-refractivity contribution is 8.26. The van der Waals surface area contributed by atoms with Gasteiger partial charge in [0.2, 0.25) is 5.91 Å². The van der Waals surface area contributed by atoms with Gasteiger partial charge in [-0.3, -0.25) is 24.2 Å². The fourth-order valence-electron chi connectivity index (χ4n) is 4.96. The number of halogens is 3. The van der Waals surface area contributed by atoms with E-state index in [9.17, 15) is 27.6 Å². The zero-order valence-corrected chi connectivity index (χ0v) is 21.1. The fourth-order valence-corrected chi connectivity index (χ4v) is 6.43. The van der Waals surface area contributed by atoms with Crippen LogP contribution in [-0.2, 0) is 20.6 Å². The maximum atomic E-state index is 13.6. The third-order valence-corrected chi connectivity index (χ3v) is 8.07. The van der Waals surface area contributed by atoms with E-state index < -0.39 is 30.1 Å². The molecule has 1 aliphatic carbocycles. The number of carbonyl (C=O) groups excluding carboxylic acids is 3. The molecule has 2 aromatic carbocycles. The summed E-state index contributed by atoms with van der Waals surface area (Å²) in [6.07, 6.45) is 0.330. The topological polar surface area (TPSA) is 69.7 Å². The number of carbonyl (C=O) groups is 3. The fraction of sp³-hybridized carbons (Fsp3) is 0.308. The van der Waals surface area contributed by atoms with E-state index in [0.717, 1.165) is 56.0 Å². The third kappa shape index (κ3) is 4.89. The predicted octanol–water partition coefficient (Wildman–Crippen LogP) is 5.59. The van der Waals surface area contributed by atoms with E-state index in [2.05, 4.69) is 5.32 Å². The van der Waals surface area contributed by atoms with Crippen molar-refractivity contribution >= 4 is 63.0 Å². The Morgan fingerprint density at radius 3 is 2.49 bits per heavy atom. The molecule has 0 spiro atoms. The number of amides is 3. The molecule has 2 aliphatic heterocycles. The summed E-state index contributed by atoms with van der Waals surface area (Å²) < 4.78 is 39.5. The van der Waals surface area contributed by atoms with E-state index in [1.807, 2.05) is 0 Å². The number of anilines is 2. The minimum absolute atomic E-state index is 0.0143. The molecule has 3 amide bonds. The average molecular weight is 546 g/mol. The molecule has 1 saturated heterocycles. The highest BCUT2D eigenvalue weighted by Crippen LogP contribution is 2.45. The molecule has 2 fully saturated rings. The number of thiocarbonyl (C=S) groups is 1. The number of hydrogen-bond acceptors (Lipinski definition) is 5. The number of hydrogen-bond donors (Lipinski definition) is 1. The molecule has 192 valence electrons. The van der Waals surface area contributed by atoms with Gasteiger partial charge in [-0.25, -0.2) is 0 Å². The SMILES string of the molecule is O=C(CN1C(=O)/C(=C2/SC(=S)N(C3CCCCC3)C2=O)c2ccccc21)Nc1cccc(C(F)(F)F)c1. The Morgan fingerprint density at radius 2 is 1.76 bits per heavy atom. The standard InChI is InChI=1S/C26H22F3N3O3S2/c27-26(28,29)15-7-6-8-16(13-15)30-20(33)14-31-19-12-5-4-11-18(19)21(23(31)34)22-24(35)32(25(36)37-22)17-9-2-1-3-10-17/h4-8,11-13,17H,1-3,9-10,14H2,(H,30,33)/b22-21+. The van der Waals surface area contributed by atoms with Crippen molar-refractivity contribution in [2.45, 2.75) is 44.3 Å². The van der Waals surface area contributed by atoms with Crippen LogP contribution in [0.1, 0.15) is 43.2 Å². The lowest BCUT2D eigenvalue weighted by molar-refractivity contribution is -0.137. The molecule has 2 aromatic rings. The maximum Gasteiger partial charge on any atom is 0.416 e. The van der Waals surface area contributed by atoms with Crippen molar-refractivity contribution < 1.29 is 27.6 Å². The molecule has 37 heavy (non-hydrogen) atoms. The van der Waals surface area contributed by atoms with Crippen molar-refractivity contribution in [3.63, 3.8) is 0 Å². The molecule has 5 rings (SSSR count). The number of para-hydroxylation sites is 1. The molecule has 6 nitrogen and oxygen atoms in total. The van der Waals surface area contributed by atoms with Gasteiger partial charge < -0.3 is 5.32 Å².